The number of aromatic nitrogens is 3. The first kappa shape index (κ1) is 19.9. The summed E-state index contributed by atoms with van der Waals surface area (Å²) in [6.45, 7) is 3.81. The van der Waals surface area contributed by atoms with Crippen LogP contribution in [-0.4, -0.2) is 39.4 Å². The van der Waals surface area contributed by atoms with E-state index in [1.807, 2.05) is 19.9 Å². The van der Waals surface area contributed by atoms with Crippen LogP contribution in [0.15, 0.2) is 42.5 Å². The van der Waals surface area contributed by atoms with E-state index < -0.39 is 12.0 Å². The van der Waals surface area contributed by atoms with Gasteiger partial charge in [0, 0.05) is 12.2 Å². The zero-order chi connectivity index (χ0) is 20.3. The number of carbonyl (C=O) groups is 1. The number of halogens is 1. The van der Waals surface area contributed by atoms with Crippen LogP contribution in [0.2, 0.25) is 5.02 Å². The zero-order valence-corrected chi connectivity index (χ0v) is 16.6. The maximum Gasteiger partial charge on any atom is 0.271 e. The molecule has 1 aromatic carbocycles. The average molecular weight is 401 g/mol. The number of amides is 1. The molecule has 1 unspecified atom stereocenters. The molecule has 28 heavy (non-hydrogen) atoms. The van der Waals surface area contributed by atoms with Crippen LogP contribution in [0.25, 0.3) is 5.82 Å². The highest BCUT2D eigenvalue weighted by molar-refractivity contribution is 6.33. The fourth-order valence-electron chi connectivity index (χ4n) is 2.79. The first-order valence-electron chi connectivity index (χ1n) is 8.69. The van der Waals surface area contributed by atoms with Crippen molar-refractivity contribution >= 4 is 17.5 Å². The van der Waals surface area contributed by atoms with Gasteiger partial charge in [0.05, 0.1) is 23.9 Å². The number of aliphatic hydroxyl groups excluding tert-OH is 1. The van der Waals surface area contributed by atoms with Crippen LogP contribution in [0.3, 0.4) is 0 Å². The molecular weight excluding hydrogens is 380 g/mol. The number of hydrogen-bond acceptors (Lipinski definition) is 5. The maximum atomic E-state index is 12.6. The van der Waals surface area contributed by atoms with Crippen LogP contribution in [-0.2, 0) is 0 Å². The molecule has 0 aliphatic carbocycles. The summed E-state index contributed by atoms with van der Waals surface area (Å²) in [7, 11) is 1.57. The van der Waals surface area contributed by atoms with Gasteiger partial charge in [-0.15, -0.1) is 0 Å². The van der Waals surface area contributed by atoms with Crippen LogP contribution >= 0.6 is 11.6 Å². The van der Waals surface area contributed by atoms with Crippen molar-refractivity contribution in [3.8, 4) is 11.6 Å². The second-order valence-corrected chi connectivity index (χ2v) is 6.74. The normalized spacial score (nSPS) is 11.9. The summed E-state index contributed by atoms with van der Waals surface area (Å²) in [5.41, 5.74) is 2.49. The minimum absolute atomic E-state index is 0.0211. The van der Waals surface area contributed by atoms with Crippen molar-refractivity contribution in [3.05, 3.63) is 70.1 Å². The number of methoxy groups -OCH3 is 1. The Labute approximate surface area is 167 Å². The van der Waals surface area contributed by atoms with Crippen LogP contribution in [0.4, 0.5) is 0 Å². The number of aliphatic hydroxyl groups is 1. The zero-order valence-electron chi connectivity index (χ0n) is 15.8. The molecule has 1 atom stereocenters. The van der Waals surface area contributed by atoms with E-state index in [-0.39, 0.29) is 17.3 Å². The highest BCUT2D eigenvalue weighted by atomic mass is 35.5. The van der Waals surface area contributed by atoms with E-state index in [2.05, 4.69) is 15.4 Å². The minimum Gasteiger partial charge on any atom is -0.497 e. The molecule has 0 aliphatic rings. The summed E-state index contributed by atoms with van der Waals surface area (Å²) >= 11 is 6.16. The Morgan fingerprint density at radius 2 is 1.96 bits per heavy atom. The van der Waals surface area contributed by atoms with Gasteiger partial charge in [-0.25, -0.2) is 9.67 Å². The number of nitrogens with one attached hydrogen (secondary N) is 1. The van der Waals surface area contributed by atoms with Gasteiger partial charge in [-0.2, -0.15) is 5.10 Å². The molecule has 0 radical (unpaired) electrons. The van der Waals surface area contributed by atoms with Gasteiger partial charge in [0.15, 0.2) is 5.82 Å². The lowest BCUT2D eigenvalue weighted by atomic mass is 10.1. The van der Waals surface area contributed by atoms with Crippen molar-refractivity contribution in [2.24, 2.45) is 0 Å². The van der Waals surface area contributed by atoms with Crippen molar-refractivity contribution in [2.75, 3.05) is 13.7 Å². The van der Waals surface area contributed by atoms with Crippen molar-refractivity contribution in [1.29, 1.82) is 0 Å². The molecule has 8 heteroatoms. The number of ether oxygens (including phenoxy) is 1. The third-order valence-corrected chi connectivity index (χ3v) is 4.53. The van der Waals surface area contributed by atoms with Gasteiger partial charge in [0.2, 0.25) is 0 Å². The molecule has 0 fully saturated rings. The fourth-order valence-corrected chi connectivity index (χ4v) is 2.98. The number of benzene rings is 1. The van der Waals surface area contributed by atoms with Gasteiger partial charge in [-0.3, -0.25) is 4.79 Å². The Bertz CT molecular complexity index is 986. The van der Waals surface area contributed by atoms with Gasteiger partial charge in [0.25, 0.3) is 5.91 Å². The summed E-state index contributed by atoms with van der Waals surface area (Å²) in [4.78, 5) is 16.9. The number of pyridine rings is 1. The highest BCUT2D eigenvalue weighted by Crippen LogP contribution is 2.19. The first-order chi connectivity index (χ1) is 13.4. The van der Waals surface area contributed by atoms with E-state index in [9.17, 15) is 9.90 Å². The molecule has 3 aromatic rings. The highest BCUT2D eigenvalue weighted by Gasteiger charge is 2.17. The Morgan fingerprint density at radius 3 is 2.57 bits per heavy atom. The Hall–Kier alpha value is -2.90. The molecule has 0 aliphatic heterocycles. The van der Waals surface area contributed by atoms with Gasteiger partial charge in [0.1, 0.15) is 11.4 Å². The second kappa shape index (κ2) is 8.41. The lowest BCUT2D eigenvalue weighted by Crippen LogP contribution is -2.29. The van der Waals surface area contributed by atoms with E-state index in [1.165, 1.54) is 0 Å². The molecule has 0 saturated carbocycles. The van der Waals surface area contributed by atoms with Gasteiger partial charge < -0.3 is 15.2 Å². The van der Waals surface area contributed by atoms with Crippen molar-refractivity contribution in [1.82, 2.24) is 20.1 Å². The number of nitrogens with zero attached hydrogens (tertiary/aromatic N) is 3. The number of carbonyl (C=O) groups excluding carboxylic acids is 1. The molecule has 7 nitrogen and oxygen atoms in total. The van der Waals surface area contributed by atoms with E-state index in [0.29, 0.717) is 17.1 Å². The Balaban J connectivity index is 1.73. The van der Waals surface area contributed by atoms with E-state index >= 15 is 0 Å². The van der Waals surface area contributed by atoms with Crippen molar-refractivity contribution in [2.45, 2.75) is 20.0 Å². The summed E-state index contributed by atoms with van der Waals surface area (Å²) in [6, 6.07) is 12.2. The summed E-state index contributed by atoms with van der Waals surface area (Å²) in [5.74, 6) is 0.716. The molecule has 2 heterocycles. The molecular formula is C20H21ClN4O3. The molecule has 3 rings (SSSR count). The second-order valence-electron chi connectivity index (χ2n) is 6.34. The first-order valence-corrected chi connectivity index (χ1v) is 9.07. The van der Waals surface area contributed by atoms with Crippen LogP contribution in [0, 0.1) is 13.8 Å². The lowest BCUT2D eigenvalue weighted by molar-refractivity contribution is 0.0911. The maximum absolute atomic E-state index is 12.6. The smallest absolute Gasteiger partial charge is 0.271 e. The largest absolute Gasteiger partial charge is 0.497 e. The van der Waals surface area contributed by atoms with Crippen LogP contribution in [0.1, 0.15) is 33.5 Å². The third-order valence-electron chi connectivity index (χ3n) is 4.23. The standard InChI is InChI=1S/C20H21ClN4O3/c1-12-10-13(2)25(24-12)18-9-8-16(21)19(23-18)20(27)22-11-17(26)14-4-6-15(28-3)7-5-14/h4-10,17,26H,11H2,1-3H3,(H,22,27). The molecule has 0 bridgehead atoms. The summed E-state index contributed by atoms with van der Waals surface area (Å²) in [5, 5.41) is 17.6. The number of hydrogen-bond donors (Lipinski definition) is 2. The van der Waals surface area contributed by atoms with Crippen LogP contribution in [0.5, 0.6) is 5.75 Å². The summed E-state index contributed by atoms with van der Waals surface area (Å²) < 4.78 is 6.74. The van der Waals surface area contributed by atoms with E-state index in [1.54, 1.807) is 48.2 Å². The third kappa shape index (κ3) is 4.32. The average Bonchev–Trinajstić information content (AvgIpc) is 3.04. The fraction of sp³-hybridized carbons (Fsp3) is 0.250. The monoisotopic (exact) mass is 400 g/mol. The van der Waals surface area contributed by atoms with Crippen molar-refractivity contribution < 1.29 is 14.6 Å². The summed E-state index contributed by atoms with van der Waals surface area (Å²) in [6.07, 6.45) is -0.868. The molecule has 0 saturated heterocycles. The van der Waals surface area contributed by atoms with Gasteiger partial charge >= 0.3 is 0 Å². The van der Waals surface area contributed by atoms with E-state index in [4.69, 9.17) is 16.3 Å². The molecule has 0 spiro atoms. The van der Waals surface area contributed by atoms with Crippen molar-refractivity contribution in [3.63, 3.8) is 0 Å². The number of rotatable bonds is 6. The predicted molar refractivity (Wildman–Crippen MR) is 106 cm³/mol. The molecule has 2 aromatic heterocycles. The topological polar surface area (TPSA) is 89.3 Å². The Kier molecular flexibility index (Phi) is 5.96. The van der Waals surface area contributed by atoms with Gasteiger partial charge in [-0.1, -0.05) is 23.7 Å². The number of aryl methyl sites for hydroxylation is 2. The molecule has 2 N–H and O–H groups in total. The quantitative estimate of drug-likeness (QED) is 0.664. The molecule has 146 valence electrons. The van der Waals surface area contributed by atoms with Gasteiger partial charge in [-0.05, 0) is 49.7 Å². The van der Waals surface area contributed by atoms with E-state index in [0.717, 1.165) is 11.4 Å². The SMILES string of the molecule is COc1ccc(C(O)CNC(=O)c2nc(-n3nc(C)cc3C)ccc2Cl)cc1. The van der Waals surface area contributed by atoms with Crippen LogP contribution < -0.4 is 10.1 Å². The Morgan fingerprint density at radius 1 is 1.25 bits per heavy atom. The molecule has 1 amide bonds. The lowest BCUT2D eigenvalue weighted by Gasteiger charge is -2.13. The minimum atomic E-state index is -0.868. The predicted octanol–water partition coefficient (Wildman–Crippen LogP) is 3.01.